The summed E-state index contributed by atoms with van der Waals surface area (Å²) in [4.78, 5) is 24.0. The Hall–Kier alpha value is -3.12. The molecule has 6 nitrogen and oxygen atoms in total. The molecule has 6 heteroatoms. The standard InChI is InChI=1S/C18H16N2O4/c19-10-13-9-15(21)14-7-4-8-16(18(14)24-13)23-11-17(22)20-12-5-2-1-3-6-12/h1-9H,10-11,19H2,(H,20,22). The average Bonchev–Trinajstić information content (AvgIpc) is 2.60. The number of amides is 1. The van der Waals surface area contributed by atoms with E-state index in [0.717, 1.165) is 0 Å². The molecule has 0 radical (unpaired) electrons. The molecule has 1 aromatic heterocycles. The van der Waals surface area contributed by atoms with Gasteiger partial charge in [0.2, 0.25) is 0 Å². The van der Waals surface area contributed by atoms with E-state index in [1.54, 1.807) is 30.3 Å². The predicted octanol–water partition coefficient (Wildman–Crippen LogP) is 2.27. The Labute approximate surface area is 137 Å². The van der Waals surface area contributed by atoms with Gasteiger partial charge in [-0.05, 0) is 24.3 Å². The van der Waals surface area contributed by atoms with Crippen molar-refractivity contribution in [3.8, 4) is 5.75 Å². The second-order valence-corrected chi connectivity index (χ2v) is 5.12. The van der Waals surface area contributed by atoms with Crippen LogP contribution in [0.2, 0.25) is 0 Å². The molecular weight excluding hydrogens is 308 g/mol. The number of hydrogen-bond donors (Lipinski definition) is 2. The Kier molecular flexibility index (Phi) is 4.58. The molecule has 0 aliphatic heterocycles. The number of ether oxygens (including phenoxy) is 1. The van der Waals surface area contributed by atoms with Crippen molar-refractivity contribution >= 4 is 22.6 Å². The molecule has 0 spiro atoms. The second-order valence-electron chi connectivity index (χ2n) is 5.12. The first-order valence-electron chi connectivity index (χ1n) is 7.41. The van der Waals surface area contributed by atoms with E-state index in [2.05, 4.69) is 5.32 Å². The van der Waals surface area contributed by atoms with Crippen molar-refractivity contribution in [2.45, 2.75) is 6.54 Å². The van der Waals surface area contributed by atoms with Gasteiger partial charge >= 0.3 is 0 Å². The fourth-order valence-electron chi connectivity index (χ4n) is 2.28. The van der Waals surface area contributed by atoms with Crippen molar-refractivity contribution in [2.75, 3.05) is 11.9 Å². The molecule has 3 N–H and O–H groups in total. The molecule has 0 aliphatic carbocycles. The summed E-state index contributed by atoms with van der Waals surface area (Å²) in [6.07, 6.45) is 0. The number of rotatable bonds is 5. The molecule has 0 fully saturated rings. The Balaban J connectivity index is 1.79. The van der Waals surface area contributed by atoms with Crippen LogP contribution in [-0.2, 0) is 11.3 Å². The number of carbonyl (C=O) groups is 1. The summed E-state index contributed by atoms with van der Waals surface area (Å²) in [5.74, 6) is 0.371. The normalized spacial score (nSPS) is 10.5. The molecule has 0 atom stereocenters. The van der Waals surface area contributed by atoms with Gasteiger partial charge in [-0.3, -0.25) is 9.59 Å². The number of fused-ring (bicyclic) bond motifs is 1. The first kappa shape index (κ1) is 15.8. The van der Waals surface area contributed by atoms with Crippen molar-refractivity contribution in [1.82, 2.24) is 0 Å². The summed E-state index contributed by atoms with van der Waals surface area (Å²) in [5, 5.41) is 3.10. The number of benzene rings is 2. The van der Waals surface area contributed by atoms with Gasteiger partial charge in [-0.15, -0.1) is 0 Å². The van der Waals surface area contributed by atoms with Crippen LogP contribution in [0.3, 0.4) is 0 Å². The molecule has 1 heterocycles. The highest BCUT2D eigenvalue weighted by atomic mass is 16.5. The third-order valence-corrected chi connectivity index (χ3v) is 3.39. The highest BCUT2D eigenvalue weighted by molar-refractivity contribution is 5.92. The van der Waals surface area contributed by atoms with Crippen LogP contribution in [-0.4, -0.2) is 12.5 Å². The van der Waals surface area contributed by atoms with E-state index >= 15 is 0 Å². The maximum absolute atomic E-state index is 12.0. The molecule has 2 aromatic carbocycles. The summed E-state index contributed by atoms with van der Waals surface area (Å²) in [5.41, 5.74) is 6.30. The zero-order valence-electron chi connectivity index (χ0n) is 12.8. The molecule has 3 aromatic rings. The topological polar surface area (TPSA) is 94.6 Å². The Morgan fingerprint density at radius 2 is 1.92 bits per heavy atom. The summed E-state index contributed by atoms with van der Waals surface area (Å²) in [6.45, 7) is -0.0986. The largest absolute Gasteiger partial charge is 0.480 e. The van der Waals surface area contributed by atoms with Crippen LogP contribution < -0.4 is 21.2 Å². The van der Waals surface area contributed by atoms with Gasteiger partial charge in [0.1, 0.15) is 5.76 Å². The molecular formula is C18H16N2O4. The molecule has 24 heavy (non-hydrogen) atoms. The lowest BCUT2D eigenvalue weighted by Crippen LogP contribution is -2.20. The SMILES string of the molecule is NCc1cc(=O)c2cccc(OCC(=O)Nc3ccccc3)c2o1. The van der Waals surface area contributed by atoms with Crippen molar-refractivity contribution in [3.05, 3.63) is 70.6 Å². The summed E-state index contributed by atoms with van der Waals surface area (Å²) < 4.78 is 11.1. The smallest absolute Gasteiger partial charge is 0.262 e. The quantitative estimate of drug-likeness (QED) is 0.751. The molecule has 3 rings (SSSR count). The van der Waals surface area contributed by atoms with E-state index < -0.39 is 0 Å². The molecule has 0 saturated heterocycles. The van der Waals surface area contributed by atoms with E-state index in [-0.39, 0.29) is 30.1 Å². The van der Waals surface area contributed by atoms with E-state index in [1.807, 2.05) is 18.2 Å². The van der Waals surface area contributed by atoms with Crippen molar-refractivity contribution in [1.29, 1.82) is 0 Å². The summed E-state index contributed by atoms with van der Waals surface area (Å²) in [7, 11) is 0. The minimum atomic E-state index is -0.310. The maximum atomic E-state index is 12.0. The van der Waals surface area contributed by atoms with Crippen LogP contribution in [0, 0.1) is 0 Å². The zero-order valence-corrected chi connectivity index (χ0v) is 12.8. The van der Waals surface area contributed by atoms with E-state index in [1.165, 1.54) is 6.07 Å². The second kappa shape index (κ2) is 6.97. The van der Waals surface area contributed by atoms with Gasteiger partial charge in [-0.2, -0.15) is 0 Å². The monoisotopic (exact) mass is 324 g/mol. The fourth-order valence-corrected chi connectivity index (χ4v) is 2.28. The lowest BCUT2D eigenvalue weighted by Gasteiger charge is -2.09. The zero-order chi connectivity index (χ0) is 16.9. The highest BCUT2D eigenvalue weighted by Crippen LogP contribution is 2.24. The average molecular weight is 324 g/mol. The van der Waals surface area contributed by atoms with Gasteiger partial charge < -0.3 is 20.2 Å². The minimum Gasteiger partial charge on any atom is -0.480 e. The van der Waals surface area contributed by atoms with Gasteiger partial charge in [-0.25, -0.2) is 0 Å². The number of nitrogens with two attached hydrogens (primary N) is 1. The summed E-state index contributed by atoms with van der Waals surface area (Å²) >= 11 is 0. The molecule has 1 amide bonds. The lowest BCUT2D eigenvalue weighted by atomic mass is 10.2. The number of hydrogen-bond acceptors (Lipinski definition) is 5. The van der Waals surface area contributed by atoms with Crippen LogP contribution in [0.5, 0.6) is 5.75 Å². The molecule has 0 aliphatic rings. The number of nitrogens with one attached hydrogen (secondary N) is 1. The maximum Gasteiger partial charge on any atom is 0.262 e. The van der Waals surface area contributed by atoms with E-state index in [9.17, 15) is 9.59 Å². The Morgan fingerprint density at radius 3 is 2.67 bits per heavy atom. The van der Waals surface area contributed by atoms with Crippen LogP contribution in [0.25, 0.3) is 11.0 Å². The molecule has 0 bridgehead atoms. The minimum absolute atomic E-state index is 0.105. The van der Waals surface area contributed by atoms with Crippen LogP contribution in [0.15, 0.2) is 63.8 Å². The molecule has 122 valence electrons. The van der Waals surface area contributed by atoms with Crippen LogP contribution in [0.4, 0.5) is 5.69 Å². The molecule has 0 unspecified atom stereocenters. The van der Waals surface area contributed by atoms with Gasteiger partial charge in [0.15, 0.2) is 23.4 Å². The van der Waals surface area contributed by atoms with Gasteiger partial charge in [0.25, 0.3) is 5.91 Å². The lowest BCUT2D eigenvalue weighted by molar-refractivity contribution is -0.118. The fraction of sp³-hybridized carbons (Fsp3) is 0.111. The van der Waals surface area contributed by atoms with Crippen molar-refractivity contribution in [3.63, 3.8) is 0 Å². The first-order chi connectivity index (χ1) is 11.7. The first-order valence-corrected chi connectivity index (χ1v) is 7.41. The highest BCUT2D eigenvalue weighted by Gasteiger charge is 2.11. The number of anilines is 1. The van der Waals surface area contributed by atoms with E-state index in [4.69, 9.17) is 14.9 Å². The Bertz CT molecular complexity index is 919. The molecule has 0 saturated carbocycles. The van der Waals surface area contributed by atoms with Gasteiger partial charge in [0, 0.05) is 11.8 Å². The summed E-state index contributed by atoms with van der Waals surface area (Å²) in [6, 6.07) is 15.4. The van der Waals surface area contributed by atoms with Crippen molar-refractivity contribution in [2.24, 2.45) is 5.73 Å². The number of carbonyl (C=O) groups excluding carboxylic acids is 1. The Morgan fingerprint density at radius 1 is 1.12 bits per heavy atom. The number of para-hydroxylation sites is 2. The predicted molar refractivity (Wildman–Crippen MR) is 90.9 cm³/mol. The van der Waals surface area contributed by atoms with Crippen molar-refractivity contribution < 1.29 is 13.9 Å². The van der Waals surface area contributed by atoms with Gasteiger partial charge in [0.05, 0.1) is 11.9 Å². The van der Waals surface area contributed by atoms with Gasteiger partial charge in [-0.1, -0.05) is 24.3 Å². The third-order valence-electron chi connectivity index (χ3n) is 3.39. The van der Waals surface area contributed by atoms with Crippen LogP contribution >= 0.6 is 0 Å². The third kappa shape index (κ3) is 3.44. The van der Waals surface area contributed by atoms with E-state index in [0.29, 0.717) is 22.6 Å². The van der Waals surface area contributed by atoms with Crippen LogP contribution in [0.1, 0.15) is 5.76 Å².